The molecule has 92 valence electrons. The van der Waals surface area contributed by atoms with Crippen molar-refractivity contribution in [2.75, 3.05) is 7.05 Å². The van der Waals surface area contributed by atoms with E-state index in [0.29, 0.717) is 10.6 Å². The summed E-state index contributed by atoms with van der Waals surface area (Å²) in [6.07, 6.45) is 0. The maximum Gasteiger partial charge on any atom is 0.125 e. The third kappa shape index (κ3) is 2.39. The molecule has 0 aliphatic carbocycles. The van der Waals surface area contributed by atoms with Crippen LogP contribution in [0.3, 0.4) is 0 Å². The normalized spacial score (nSPS) is 11.6. The Kier molecular flexibility index (Phi) is 3.68. The number of phenols is 1. The van der Waals surface area contributed by atoms with Crippen LogP contribution in [0.15, 0.2) is 47.5 Å². The fourth-order valence-corrected chi connectivity index (χ4v) is 2.02. The van der Waals surface area contributed by atoms with Gasteiger partial charge in [-0.25, -0.2) is 0 Å². The molecule has 2 rings (SSSR count). The van der Waals surface area contributed by atoms with Gasteiger partial charge in [0.2, 0.25) is 0 Å². The van der Waals surface area contributed by atoms with Crippen molar-refractivity contribution in [2.45, 2.75) is 6.92 Å². The summed E-state index contributed by atoms with van der Waals surface area (Å²) in [5, 5.41) is 10.7. The quantitative estimate of drug-likeness (QED) is 0.817. The number of halogens is 1. The zero-order chi connectivity index (χ0) is 13.1. The molecular weight excluding hydrogens is 246 g/mol. The van der Waals surface area contributed by atoms with Crippen LogP contribution in [0, 0.1) is 6.92 Å². The molecule has 0 atom stereocenters. The predicted octanol–water partition coefficient (Wildman–Crippen LogP) is 3.82. The van der Waals surface area contributed by atoms with Crippen LogP contribution in [0.1, 0.15) is 16.7 Å². The number of hydrogen-bond donors (Lipinski definition) is 1. The van der Waals surface area contributed by atoms with E-state index in [1.807, 2.05) is 37.3 Å². The summed E-state index contributed by atoms with van der Waals surface area (Å²) >= 11 is 6.11. The maximum absolute atomic E-state index is 10.0. The summed E-state index contributed by atoms with van der Waals surface area (Å²) in [6, 6.07) is 13.1. The van der Waals surface area contributed by atoms with Gasteiger partial charge >= 0.3 is 0 Å². The van der Waals surface area contributed by atoms with Gasteiger partial charge in [0.05, 0.1) is 5.71 Å². The van der Waals surface area contributed by atoms with E-state index >= 15 is 0 Å². The second-order valence-electron chi connectivity index (χ2n) is 4.06. The molecule has 2 nitrogen and oxygen atoms in total. The molecule has 2 aromatic carbocycles. The number of aryl methyl sites for hydroxylation is 1. The van der Waals surface area contributed by atoms with E-state index in [1.165, 1.54) is 0 Å². The van der Waals surface area contributed by atoms with Crippen LogP contribution in [-0.4, -0.2) is 17.9 Å². The number of benzene rings is 2. The van der Waals surface area contributed by atoms with E-state index in [4.69, 9.17) is 11.6 Å². The summed E-state index contributed by atoms with van der Waals surface area (Å²) in [5.74, 6) is 0.196. The Balaban J connectivity index is 2.57. The molecule has 0 radical (unpaired) electrons. The Morgan fingerprint density at radius 2 is 1.83 bits per heavy atom. The van der Waals surface area contributed by atoms with E-state index in [-0.39, 0.29) is 5.75 Å². The monoisotopic (exact) mass is 259 g/mol. The van der Waals surface area contributed by atoms with Gasteiger partial charge in [0.25, 0.3) is 0 Å². The van der Waals surface area contributed by atoms with E-state index in [9.17, 15) is 5.11 Å². The first-order valence-electron chi connectivity index (χ1n) is 5.65. The third-order valence-electron chi connectivity index (χ3n) is 2.80. The van der Waals surface area contributed by atoms with E-state index < -0.39 is 0 Å². The van der Waals surface area contributed by atoms with Crippen molar-refractivity contribution < 1.29 is 5.11 Å². The molecule has 1 N–H and O–H groups in total. The lowest BCUT2D eigenvalue weighted by atomic mass is 10.00. The first-order chi connectivity index (χ1) is 8.63. The first kappa shape index (κ1) is 12.7. The average molecular weight is 260 g/mol. The van der Waals surface area contributed by atoms with Crippen LogP contribution >= 0.6 is 11.6 Å². The van der Waals surface area contributed by atoms with Gasteiger partial charge in [0.15, 0.2) is 0 Å². The first-order valence-corrected chi connectivity index (χ1v) is 6.03. The van der Waals surface area contributed by atoms with Gasteiger partial charge in [-0.15, -0.1) is 0 Å². The van der Waals surface area contributed by atoms with Crippen LogP contribution in [-0.2, 0) is 0 Å². The molecule has 0 aromatic heterocycles. The number of rotatable bonds is 2. The number of aliphatic imine (C=N–C) groups is 1. The standard InChI is InChI=1S/C15H14ClNO/c1-10-8-14(18)12(9-13(10)16)15(17-2)11-6-4-3-5-7-11/h3-9,18H,1-2H3. The summed E-state index contributed by atoms with van der Waals surface area (Å²) < 4.78 is 0. The summed E-state index contributed by atoms with van der Waals surface area (Å²) in [4.78, 5) is 4.26. The average Bonchev–Trinajstić information content (AvgIpc) is 2.38. The third-order valence-corrected chi connectivity index (χ3v) is 3.21. The maximum atomic E-state index is 10.0. The van der Waals surface area contributed by atoms with Crippen LogP contribution in [0.4, 0.5) is 0 Å². The Hall–Kier alpha value is -1.80. The van der Waals surface area contributed by atoms with Crippen LogP contribution in [0.5, 0.6) is 5.75 Å². The molecule has 0 aliphatic rings. The molecule has 0 aliphatic heterocycles. The molecule has 0 saturated heterocycles. The fraction of sp³-hybridized carbons (Fsp3) is 0.133. The second kappa shape index (κ2) is 5.23. The fourth-order valence-electron chi connectivity index (χ4n) is 1.86. The SMILES string of the molecule is CN=C(c1ccccc1)c1cc(Cl)c(C)cc1O. The highest BCUT2D eigenvalue weighted by molar-refractivity contribution is 6.32. The molecule has 0 bridgehead atoms. The lowest BCUT2D eigenvalue weighted by Crippen LogP contribution is -2.04. The topological polar surface area (TPSA) is 32.6 Å². The molecule has 0 fully saturated rings. The lowest BCUT2D eigenvalue weighted by Gasteiger charge is -2.10. The van der Waals surface area contributed by atoms with Crippen molar-refractivity contribution >= 4 is 17.3 Å². The summed E-state index contributed by atoms with van der Waals surface area (Å²) in [5.41, 5.74) is 3.19. The Labute approximate surface area is 112 Å². The Bertz CT molecular complexity index is 591. The van der Waals surface area contributed by atoms with E-state index in [2.05, 4.69) is 4.99 Å². The molecule has 0 amide bonds. The van der Waals surface area contributed by atoms with Crippen LogP contribution in [0.2, 0.25) is 5.02 Å². The summed E-state index contributed by atoms with van der Waals surface area (Å²) in [6.45, 7) is 1.86. The minimum Gasteiger partial charge on any atom is -0.507 e. The van der Waals surface area contributed by atoms with Gasteiger partial charge in [-0.3, -0.25) is 4.99 Å². The van der Waals surface area contributed by atoms with Gasteiger partial charge in [0, 0.05) is 23.2 Å². The van der Waals surface area contributed by atoms with Crippen molar-refractivity contribution in [3.8, 4) is 5.75 Å². The largest absolute Gasteiger partial charge is 0.507 e. The van der Waals surface area contributed by atoms with Gasteiger partial charge in [-0.2, -0.15) is 0 Å². The van der Waals surface area contributed by atoms with Gasteiger partial charge in [-0.05, 0) is 24.6 Å². The molecule has 0 spiro atoms. The highest BCUT2D eigenvalue weighted by Crippen LogP contribution is 2.27. The zero-order valence-electron chi connectivity index (χ0n) is 10.3. The van der Waals surface area contributed by atoms with Crippen molar-refractivity contribution in [3.05, 3.63) is 64.2 Å². The number of nitrogens with zero attached hydrogens (tertiary/aromatic N) is 1. The predicted molar refractivity (Wildman–Crippen MR) is 75.9 cm³/mol. The van der Waals surface area contributed by atoms with Crippen molar-refractivity contribution in [2.24, 2.45) is 4.99 Å². The summed E-state index contributed by atoms with van der Waals surface area (Å²) in [7, 11) is 1.70. The van der Waals surface area contributed by atoms with E-state index in [0.717, 1.165) is 16.8 Å². The Morgan fingerprint density at radius 1 is 1.17 bits per heavy atom. The smallest absolute Gasteiger partial charge is 0.125 e. The Morgan fingerprint density at radius 3 is 2.44 bits per heavy atom. The van der Waals surface area contributed by atoms with Crippen molar-refractivity contribution in [1.82, 2.24) is 0 Å². The second-order valence-corrected chi connectivity index (χ2v) is 4.46. The molecule has 2 aromatic rings. The highest BCUT2D eigenvalue weighted by atomic mass is 35.5. The van der Waals surface area contributed by atoms with Crippen molar-refractivity contribution in [1.29, 1.82) is 0 Å². The number of aromatic hydroxyl groups is 1. The number of phenolic OH excluding ortho intramolecular Hbond substituents is 1. The minimum atomic E-state index is 0.196. The van der Waals surface area contributed by atoms with E-state index in [1.54, 1.807) is 19.2 Å². The number of hydrogen-bond acceptors (Lipinski definition) is 2. The lowest BCUT2D eigenvalue weighted by molar-refractivity contribution is 0.474. The molecule has 0 saturated carbocycles. The molecule has 0 unspecified atom stereocenters. The van der Waals surface area contributed by atoms with Crippen LogP contribution in [0.25, 0.3) is 0 Å². The van der Waals surface area contributed by atoms with Gasteiger partial charge < -0.3 is 5.11 Å². The zero-order valence-corrected chi connectivity index (χ0v) is 11.1. The molecule has 0 heterocycles. The molecular formula is C15H14ClNO. The highest BCUT2D eigenvalue weighted by Gasteiger charge is 2.12. The molecule has 3 heteroatoms. The van der Waals surface area contributed by atoms with Gasteiger partial charge in [-0.1, -0.05) is 41.9 Å². The minimum absolute atomic E-state index is 0.196. The van der Waals surface area contributed by atoms with Gasteiger partial charge in [0.1, 0.15) is 5.75 Å². The van der Waals surface area contributed by atoms with Crippen LogP contribution < -0.4 is 0 Å². The molecule has 18 heavy (non-hydrogen) atoms. The van der Waals surface area contributed by atoms with Crippen molar-refractivity contribution in [3.63, 3.8) is 0 Å².